The van der Waals surface area contributed by atoms with Gasteiger partial charge in [-0.1, -0.05) is 0 Å². The smallest absolute Gasteiger partial charge is 0.214 e. The summed E-state index contributed by atoms with van der Waals surface area (Å²) < 4.78 is 0. The molecule has 0 aromatic carbocycles. The first kappa shape index (κ1) is 13.9. The molecule has 6 N–H and O–H groups in total. The summed E-state index contributed by atoms with van der Waals surface area (Å²) in [5.74, 6) is -0.333. The Kier molecular flexibility index (Phi) is 9.72. The lowest BCUT2D eigenvalue weighted by molar-refractivity contribution is -0.115. The molecule has 0 unspecified atom stereocenters. The lowest BCUT2D eigenvalue weighted by Crippen LogP contribution is -2.31. The van der Waals surface area contributed by atoms with Crippen molar-refractivity contribution in [1.82, 2.24) is 0 Å². The Morgan fingerprint density at radius 3 is 1.50 bits per heavy atom. The first-order chi connectivity index (χ1) is 5.45. The van der Waals surface area contributed by atoms with E-state index in [0.717, 1.165) is 0 Å². The average molecular weight is 181 g/mol. The third kappa shape index (κ3) is 12.0. The Balaban J connectivity index is 0. The number of primary amides is 1. The van der Waals surface area contributed by atoms with Crippen molar-refractivity contribution in [2.24, 2.45) is 5.73 Å². The Hall–Kier alpha value is -0.690. The summed E-state index contributed by atoms with van der Waals surface area (Å²) in [5, 5.41) is 33.2. The van der Waals surface area contributed by atoms with Gasteiger partial charge in [-0.3, -0.25) is 4.79 Å². The fourth-order valence-electron chi connectivity index (χ4n) is 0.243. The number of nitrogens with two attached hydrogens (primary N) is 1. The lowest BCUT2D eigenvalue weighted by Gasteiger charge is -2.10. The van der Waals surface area contributed by atoms with Gasteiger partial charge in [0.15, 0.2) is 0 Å². The molecule has 1 amide bonds. The Morgan fingerprint density at radius 2 is 1.42 bits per heavy atom. The number of aliphatic hydroxyl groups excluding tert-OH is 4. The zero-order valence-electron chi connectivity index (χ0n) is 6.84. The molecule has 0 saturated carbocycles. The number of rotatable bonds is 3. The van der Waals surface area contributed by atoms with E-state index in [1.807, 2.05) is 0 Å². The summed E-state index contributed by atoms with van der Waals surface area (Å²) in [5.41, 5.74) is 4.47. The van der Waals surface area contributed by atoms with Gasteiger partial charge in [0.1, 0.15) is 12.2 Å². The van der Waals surface area contributed by atoms with Gasteiger partial charge < -0.3 is 26.2 Å². The van der Waals surface area contributed by atoms with Gasteiger partial charge in [0.2, 0.25) is 5.91 Å². The average Bonchev–Trinajstić information content (AvgIpc) is 2.00. The molecule has 0 saturated heterocycles. The monoisotopic (exact) mass is 181 g/mol. The molecule has 6 nitrogen and oxygen atoms in total. The van der Waals surface area contributed by atoms with Crippen LogP contribution in [-0.4, -0.2) is 51.8 Å². The molecule has 6 heteroatoms. The van der Waals surface area contributed by atoms with Gasteiger partial charge in [0.25, 0.3) is 0 Å². The van der Waals surface area contributed by atoms with Crippen molar-refractivity contribution >= 4 is 5.91 Å². The molecular weight excluding hydrogens is 166 g/mol. The molecule has 0 bridgehead atoms. The van der Waals surface area contributed by atoms with E-state index in [4.69, 9.17) is 20.4 Å². The molecule has 0 fully saturated rings. The second kappa shape index (κ2) is 8.41. The van der Waals surface area contributed by atoms with Gasteiger partial charge in [0.05, 0.1) is 13.2 Å². The highest BCUT2D eigenvalue weighted by Gasteiger charge is 2.12. The predicted octanol–water partition coefficient (Wildman–Crippen LogP) is -2.82. The number of amides is 1. The Morgan fingerprint density at radius 1 is 1.25 bits per heavy atom. The van der Waals surface area contributed by atoms with Crippen LogP contribution in [0.1, 0.15) is 6.92 Å². The Labute approximate surface area is 70.2 Å². The van der Waals surface area contributed by atoms with Crippen LogP contribution >= 0.6 is 0 Å². The fourth-order valence-corrected chi connectivity index (χ4v) is 0.243. The normalized spacial score (nSPS) is 14.1. The van der Waals surface area contributed by atoms with E-state index >= 15 is 0 Å². The van der Waals surface area contributed by atoms with Crippen LogP contribution in [0.15, 0.2) is 0 Å². The summed E-state index contributed by atoms with van der Waals surface area (Å²) >= 11 is 0. The SMILES string of the molecule is CC(N)=O.OC[C@@H](O)[C@@H](O)CO. The third-order valence-electron chi connectivity index (χ3n) is 0.818. The molecule has 12 heavy (non-hydrogen) atoms. The molecular formula is C6H15NO5. The van der Waals surface area contributed by atoms with Crippen molar-refractivity contribution in [3.05, 3.63) is 0 Å². The van der Waals surface area contributed by atoms with Crippen molar-refractivity contribution in [1.29, 1.82) is 0 Å². The maximum atomic E-state index is 9.22. The van der Waals surface area contributed by atoms with E-state index in [1.165, 1.54) is 6.92 Å². The summed E-state index contributed by atoms with van der Waals surface area (Å²) in [6, 6.07) is 0. The minimum absolute atomic E-state index is 0.333. The number of aliphatic hydroxyl groups is 4. The molecule has 0 aliphatic heterocycles. The van der Waals surface area contributed by atoms with Crippen LogP contribution in [0.5, 0.6) is 0 Å². The molecule has 0 spiro atoms. The maximum Gasteiger partial charge on any atom is 0.214 e. The van der Waals surface area contributed by atoms with Gasteiger partial charge >= 0.3 is 0 Å². The van der Waals surface area contributed by atoms with Crippen LogP contribution in [0.2, 0.25) is 0 Å². The second-order valence-corrected chi connectivity index (χ2v) is 2.11. The van der Waals surface area contributed by atoms with Crippen LogP contribution in [0.25, 0.3) is 0 Å². The molecule has 0 radical (unpaired) electrons. The van der Waals surface area contributed by atoms with E-state index in [0.29, 0.717) is 0 Å². The number of carbonyl (C=O) groups is 1. The molecule has 2 atom stereocenters. The highest BCUT2D eigenvalue weighted by molar-refractivity contribution is 5.70. The van der Waals surface area contributed by atoms with E-state index in [9.17, 15) is 4.79 Å². The van der Waals surface area contributed by atoms with Crippen LogP contribution in [0.3, 0.4) is 0 Å². The largest absolute Gasteiger partial charge is 0.394 e. The number of carbonyl (C=O) groups excluding carboxylic acids is 1. The van der Waals surface area contributed by atoms with Crippen molar-refractivity contribution < 1.29 is 25.2 Å². The maximum absolute atomic E-state index is 9.22. The van der Waals surface area contributed by atoms with Gasteiger partial charge in [-0.25, -0.2) is 0 Å². The number of hydrogen-bond acceptors (Lipinski definition) is 5. The molecule has 0 aromatic heterocycles. The van der Waals surface area contributed by atoms with Crippen LogP contribution in [-0.2, 0) is 4.79 Å². The first-order valence-electron chi connectivity index (χ1n) is 3.29. The predicted molar refractivity (Wildman–Crippen MR) is 41.1 cm³/mol. The minimum Gasteiger partial charge on any atom is -0.394 e. The molecule has 0 aliphatic carbocycles. The molecule has 74 valence electrons. The van der Waals surface area contributed by atoms with Crippen LogP contribution in [0, 0.1) is 0 Å². The topological polar surface area (TPSA) is 124 Å². The molecule has 0 heterocycles. The first-order valence-corrected chi connectivity index (χ1v) is 3.29. The van der Waals surface area contributed by atoms with E-state index < -0.39 is 25.4 Å². The number of hydrogen-bond donors (Lipinski definition) is 5. The van der Waals surface area contributed by atoms with Gasteiger partial charge in [0, 0.05) is 6.92 Å². The van der Waals surface area contributed by atoms with Gasteiger partial charge in [-0.2, -0.15) is 0 Å². The zero-order chi connectivity index (χ0) is 10.1. The standard InChI is InChI=1S/C4H10O4.C2H5NO/c5-1-3(7)4(8)2-6;1-2(3)4/h3-8H,1-2H2;1H3,(H2,3,4)/t3-,4+;. The third-order valence-corrected chi connectivity index (χ3v) is 0.818. The highest BCUT2D eigenvalue weighted by Crippen LogP contribution is 1.88. The van der Waals surface area contributed by atoms with Crippen molar-refractivity contribution in [2.75, 3.05) is 13.2 Å². The quantitative estimate of drug-likeness (QED) is 0.321. The Bertz CT molecular complexity index is 107. The van der Waals surface area contributed by atoms with E-state index in [1.54, 1.807) is 0 Å². The highest BCUT2D eigenvalue weighted by atomic mass is 16.4. The van der Waals surface area contributed by atoms with Crippen molar-refractivity contribution in [3.8, 4) is 0 Å². The summed E-state index contributed by atoms with van der Waals surface area (Å²) in [4.78, 5) is 9.22. The fraction of sp³-hybridized carbons (Fsp3) is 0.833. The van der Waals surface area contributed by atoms with Gasteiger partial charge in [-0.15, -0.1) is 0 Å². The molecule has 0 aliphatic rings. The van der Waals surface area contributed by atoms with Crippen LogP contribution < -0.4 is 5.73 Å². The second-order valence-electron chi connectivity index (χ2n) is 2.11. The molecule has 0 aromatic rings. The van der Waals surface area contributed by atoms with E-state index in [2.05, 4.69) is 5.73 Å². The summed E-state index contributed by atoms with van der Waals surface area (Å²) in [6.07, 6.45) is -2.44. The van der Waals surface area contributed by atoms with E-state index in [-0.39, 0.29) is 5.91 Å². The summed E-state index contributed by atoms with van der Waals surface area (Å²) in [6.45, 7) is 0.253. The van der Waals surface area contributed by atoms with Crippen LogP contribution in [0.4, 0.5) is 0 Å². The molecule has 0 rings (SSSR count). The van der Waals surface area contributed by atoms with Crippen molar-refractivity contribution in [3.63, 3.8) is 0 Å². The van der Waals surface area contributed by atoms with Crippen molar-refractivity contribution in [2.45, 2.75) is 19.1 Å². The zero-order valence-corrected chi connectivity index (χ0v) is 6.84. The lowest BCUT2D eigenvalue weighted by atomic mass is 10.2. The summed E-state index contributed by atoms with van der Waals surface area (Å²) in [7, 11) is 0. The minimum atomic E-state index is -1.22. The van der Waals surface area contributed by atoms with Gasteiger partial charge in [-0.05, 0) is 0 Å².